The highest BCUT2D eigenvalue weighted by Crippen LogP contribution is 2.23. The molecule has 3 rings (SSSR count). The molecule has 0 saturated heterocycles. The van der Waals surface area contributed by atoms with Crippen LogP contribution in [0.4, 0.5) is 5.69 Å². The Bertz CT molecular complexity index is 910. The number of carbonyl (C=O) groups excluding carboxylic acids is 1. The number of thioether (sulfide) groups is 1. The number of hydrogen-bond donors (Lipinski definition) is 1. The van der Waals surface area contributed by atoms with E-state index in [0.717, 1.165) is 28.9 Å². The smallest absolute Gasteiger partial charge is 0.234 e. The number of hydrogen-bond acceptors (Lipinski definition) is 5. The molecule has 0 bridgehead atoms. The number of nitrogens with one attached hydrogen (secondary N) is 1. The normalized spacial score (nSPS) is 10.7. The van der Waals surface area contributed by atoms with Crippen molar-refractivity contribution in [1.82, 2.24) is 20.2 Å². The van der Waals surface area contributed by atoms with Crippen LogP contribution in [0, 0.1) is 6.92 Å². The largest absolute Gasteiger partial charge is 0.325 e. The van der Waals surface area contributed by atoms with Crippen molar-refractivity contribution in [2.75, 3.05) is 11.1 Å². The van der Waals surface area contributed by atoms with Crippen LogP contribution >= 0.6 is 23.4 Å². The first-order valence-electron chi connectivity index (χ1n) is 8.14. The van der Waals surface area contributed by atoms with Crippen molar-refractivity contribution in [2.45, 2.75) is 25.4 Å². The Morgan fingerprint density at radius 3 is 2.73 bits per heavy atom. The Labute approximate surface area is 160 Å². The van der Waals surface area contributed by atoms with Crippen LogP contribution in [0.15, 0.2) is 47.6 Å². The van der Waals surface area contributed by atoms with Gasteiger partial charge in [0.2, 0.25) is 11.1 Å². The highest BCUT2D eigenvalue weighted by atomic mass is 35.5. The highest BCUT2D eigenvalue weighted by molar-refractivity contribution is 7.99. The second-order valence-electron chi connectivity index (χ2n) is 5.65. The van der Waals surface area contributed by atoms with Crippen LogP contribution < -0.4 is 5.32 Å². The van der Waals surface area contributed by atoms with Crippen molar-refractivity contribution in [2.24, 2.45) is 0 Å². The zero-order valence-corrected chi connectivity index (χ0v) is 16.0. The third kappa shape index (κ3) is 4.23. The molecule has 8 heteroatoms. The number of aromatic nitrogens is 4. The van der Waals surface area contributed by atoms with Gasteiger partial charge in [-0.1, -0.05) is 48.5 Å². The number of aryl methyl sites for hydroxylation is 2. The summed E-state index contributed by atoms with van der Waals surface area (Å²) < 4.78 is 1.58. The van der Waals surface area contributed by atoms with E-state index in [2.05, 4.69) is 27.8 Å². The van der Waals surface area contributed by atoms with Gasteiger partial charge in [-0.2, -0.15) is 4.68 Å². The van der Waals surface area contributed by atoms with E-state index >= 15 is 0 Å². The van der Waals surface area contributed by atoms with Gasteiger partial charge in [0.05, 0.1) is 11.4 Å². The van der Waals surface area contributed by atoms with Gasteiger partial charge in [0.1, 0.15) is 0 Å². The van der Waals surface area contributed by atoms with E-state index in [4.69, 9.17) is 11.6 Å². The number of carbonyl (C=O) groups is 1. The predicted molar refractivity (Wildman–Crippen MR) is 104 cm³/mol. The number of tetrazole rings is 1. The maximum absolute atomic E-state index is 12.4. The molecular weight excluding hydrogens is 370 g/mol. The zero-order valence-electron chi connectivity index (χ0n) is 14.4. The number of nitrogens with zero attached hydrogens (tertiary/aromatic N) is 4. The van der Waals surface area contributed by atoms with Gasteiger partial charge < -0.3 is 5.32 Å². The van der Waals surface area contributed by atoms with E-state index in [1.807, 2.05) is 37.3 Å². The number of para-hydroxylation sites is 1. The molecule has 2 aromatic carbocycles. The molecule has 0 unspecified atom stereocenters. The van der Waals surface area contributed by atoms with Gasteiger partial charge in [-0.05, 0) is 59.2 Å². The molecule has 0 aliphatic heterocycles. The molecule has 1 N–H and O–H groups in total. The van der Waals surface area contributed by atoms with Crippen molar-refractivity contribution < 1.29 is 4.79 Å². The average molecular weight is 388 g/mol. The van der Waals surface area contributed by atoms with E-state index in [9.17, 15) is 4.79 Å². The fourth-order valence-corrected chi connectivity index (χ4v) is 3.34. The maximum Gasteiger partial charge on any atom is 0.234 e. The van der Waals surface area contributed by atoms with E-state index in [-0.39, 0.29) is 11.7 Å². The zero-order chi connectivity index (χ0) is 18.5. The number of anilines is 1. The molecule has 0 radical (unpaired) electrons. The lowest BCUT2D eigenvalue weighted by molar-refractivity contribution is -0.113. The second-order valence-corrected chi connectivity index (χ2v) is 7.03. The molecule has 0 atom stereocenters. The molecule has 1 amide bonds. The second kappa shape index (κ2) is 8.33. The molecule has 3 aromatic rings. The van der Waals surface area contributed by atoms with Gasteiger partial charge >= 0.3 is 0 Å². The summed E-state index contributed by atoms with van der Waals surface area (Å²) in [5.41, 5.74) is 3.84. The van der Waals surface area contributed by atoms with Crippen molar-refractivity contribution in [1.29, 1.82) is 0 Å². The summed E-state index contributed by atoms with van der Waals surface area (Å²) in [6.07, 6.45) is 0.860. The lowest BCUT2D eigenvalue weighted by Crippen LogP contribution is -2.16. The molecule has 0 fully saturated rings. The minimum absolute atomic E-state index is 0.0929. The third-order valence-electron chi connectivity index (χ3n) is 3.85. The Kier molecular flexibility index (Phi) is 5.90. The first-order chi connectivity index (χ1) is 12.6. The molecule has 0 aliphatic carbocycles. The van der Waals surface area contributed by atoms with Crippen LogP contribution in [0.25, 0.3) is 5.69 Å². The Morgan fingerprint density at radius 1 is 1.23 bits per heavy atom. The molecular formula is C18H18ClN5OS. The van der Waals surface area contributed by atoms with Gasteiger partial charge in [-0.25, -0.2) is 0 Å². The van der Waals surface area contributed by atoms with E-state index < -0.39 is 0 Å². The predicted octanol–water partition coefficient (Wildman–Crippen LogP) is 3.92. The number of rotatable bonds is 6. The fourth-order valence-electron chi connectivity index (χ4n) is 2.52. The molecule has 134 valence electrons. The first kappa shape index (κ1) is 18.4. The summed E-state index contributed by atoms with van der Waals surface area (Å²) in [4.78, 5) is 12.4. The maximum atomic E-state index is 12.4. The van der Waals surface area contributed by atoms with Crippen LogP contribution in [-0.4, -0.2) is 31.9 Å². The van der Waals surface area contributed by atoms with Gasteiger partial charge in [-0.15, -0.1) is 5.10 Å². The summed E-state index contributed by atoms with van der Waals surface area (Å²) in [5, 5.41) is 15.9. The summed E-state index contributed by atoms with van der Waals surface area (Å²) in [5.74, 6) is 0.121. The van der Waals surface area contributed by atoms with Crippen LogP contribution in [0.1, 0.15) is 18.1 Å². The summed E-state index contributed by atoms with van der Waals surface area (Å²) in [7, 11) is 0. The van der Waals surface area contributed by atoms with Crippen LogP contribution in [-0.2, 0) is 11.2 Å². The standard InChI is InChI=1S/C18H18ClN5OS/c1-3-13-6-4-5-12(2)17(13)20-16(25)11-26-18-21-22-23-24(18)15-9-7-14(19)8-10-15/h4-10H,3,11H2,1-2H3,(H,20,25). The SMILES string of the molecule is CCc1cccc(C)c1NC(=O)CSc1nnnn1-c1ccc(Cl)cc1. The molecule has 0 saturated carbocycles. The van der Waals surface area contributed by atoms with Gasteiger partial charge in [-0.3, -0.25) is 4.79 Å². The van der Waals surface area contributed by atoms with Gasteiger partial charge in [0.25, 0.3) is 0 Å². The van der Waals surface area contributed by atoms with Crippen LogP contribution in [0.2, 0.25) is 5.02 Å². The van der Waals surface area contributed by atoms with Crippen LogP contribution in [0.3, 0.4) is 0 Å². The number of halogens is 1. The molecule has 1 aromatic heterocycles. The quantitative estimate of drug-likeness (QED) is 0.649. The molecule has 6 nitrogen and oxygen atoms in total. The van der Waals surface area contributed by atoms with Gasteiger partial charge in [0, 0.05) is 10.7 Å². The third-order valence-corrected chi connectivity index (χ3v) is 5.02. The molecule has 0 aliphatic rings. The van der Waals surface area contributed by atoms with E-state index in [0.29, 0.717) is 10.2 Å². The van der Waals surface area contributed by atoms with E-state index in [1.165, 1.54) is 11.8 Å². The fraction of sp³-hybridized carbons (Fsp3) is 0.222. The highest BCUT2D eigenvalue weighted by Gasteiger charge is 2.13. The Morgan fingerprint density at radius 2 is 2.00 bits per heavy atom. The van der Waals surface area contributed by atoms with Gasteiger partial charge in [0.15, 0.2) is 0 Å². The topological polar surface area (TPSA) is 72.7 Å². The minimum Gasteiger partial charge on any atom is -0.325 e. The van der Waals surface area contributed by atoms with Crippen molar-refractivity contribution >= 4 is 35.0 Å². The summed E-state index contributed by atoms with van der Waals surface area (Å²) in [6.45, 7) is 4.06. The Hall–Kier alpha value is -2.38. The van der Waals surface area contributed by atoms with Crippen LogP contribution in [0.5, 0.6) is 0 Å². The van der Waals surface area contributed by atoms with Crippen molar-refractivity contribution in [3.8, 4) is 5.69 Å². The Balaban J connectivity index is 1.68. The lowest BCUT2D eigenvalue weighted by atomic mass is 10.1. The first-order valence-corrected chi connectivity index (χ1v) is 9.50. The molecule has 26 heavy (non-hydrogen) atoms. The minimum atomic E-state index is -0.0929. The lowest BCUT2D eigenvalue weighted by Gasteiger charge is -2.12. The summed E-state index contributed by atoms with van der Waals surface area (Å²) in [6, 6.07) is 13.2. The summed E-state index contributed by atoms with van der Waals surface area (Å²) >= 11 is 7.19. The van der Waals surface area contributed by atoms with E-state index in [1.54, 1.807) is 16.8 Å². The molecule has 0 spiro atoms. The number of benzene rings is 2. The monoisotopic (exact) mass is 387 g/mol. The van der Waals surface area contributed by atoms with Crippen molar-refractivity contribution in [3.63, 3.8) is 0 Å². The number of amides is 1. The van der Waals surface area contributed by atoms with Crippen molar-refractivity contribution in [3.05, 3.63) is 58.6 Å². The molecule has 1 heterocycles. The average Bonchev–Trinajstić information content (AvgIpc) is 3.11.